The minimum Gasteiger partial charge on any atom is -0.345 e. The monoisotopic (exact) mass is 433 g/mol. The zero-order chi connectivity index (χ0) is 23.3. The van der Waals surface area contributed by atoms with E-state index in [1.54, 1.807) is 41.6 Å². The van der Waals surface area contributed by atoms with Gasteiger partial charge in [-0.15, -0.1) is 0 Å². The van der Waals surface area contributed by atoms with E-state index in [0.29, 0.717) is 22.6 Å². The van der Waals surface area contributed by atoms with Crippen molar-refractivity contribution in [2.75, 3.05) is 26.0 Å². The van der Waals surface area contributed by atoms with Gasteiger partial charge in [-0.1, -0.05) is 30.3 Å². The zero-order valence-electron chi connectivity index (χ0n) is 18.7. The van der Waals surface area contributed by atoms with Crippen molar-refractivity contribution in [1.82, 2.24) is 20.0 Å². The molecule has 1 aromatic heterocycles. The predicted molar refractivity (Wildman–Crippen MR) is 123 cm³/mol. The van der Waals surface area contributed by atoms with Crippen LogP contribution in [0.5, 0.6) is 0 Å². The van der Waals surface area contributed by atoms with Crippen molar-refractivity contribution in [3.05, 3.63) is 77.1 Å². The van der Waals surface area contributed by atoms with E-state index < -0.39 is 11.7 Å². The third-order valence-corrected chi connectivity index (χ3v) is 4.85. The van der Waals surface area contributed by atoms with Gasteiger partial charge in [0.2, 0.25) is 5.91 Å². The lowest BCUT2D eigenvalue weighted by Crippen LogP contribution is -2.31. The highest BCUT2D eigenvalue weighted by molar-refractivity contribution is 6.43. The lowest BCUT2D eigenvalue weighted by Gasteiger charge is -2.11. The van der Waals surface area contributed by atoms with Gasteiger partial charge in [0.25, 0.3) is 11.7 Å². The van der Waals surface area contributed by atoms with Crippen LogP contribution in [0.3, 0.4) is 0 Å². The highest BCUT2D eigenvalue weighted by Gasteiger charge is 2.24. The summed E-state index contributed by atoms with van der Waals surface area (Å²) in [6, 6.07) is 16.6. The number of Topliss-reactive ketones (excluding diaryl/α,β-unsaturated/α-hetero) is 1. The number of hydrogen-bond acceptors (Lipinski definition) is 5. The van der Waals surface area contributed by atoms with Crippen LogP contribution in [0.1, 0.15) is 27.3 Å². The summed E-state index contributed by atoms with van der Waals surface area (Å²) in [6.45, 7) is 3.91. The van der Waals surface area contributed by atoms with E-state index in [4.69, 9.17) is 0 Å². The van der Waals surface area contributed by atoms with Crippen LogP contribution < -0.4 is 10.6 Å². The topological polar surface area (TPSA) is 96.3 Å². The Bertz CT molecular complexity index is 1140. The number of rotatable bonds is 8. The van der Waals surface area contributed by atoms with Gasteiger partial charge in [0.1, 0.15) is 0 Å². The number of para-hydroxylation sites is 1. The normalized spacial score (nSPS) is 10.8. The summed E-state index contributed by atoms with van der Waals surface area (Å²) in [5, 5.41) is 9.91. The van der Waals surface area contributed by atoms with Crippen LogP contribution in [0.15, 0.2) is 54.6 Å². The smallest absolute Gasteiger partial charge is 0.292 e. The third kappa shape index (κ3) is 5.47. The first-order valence-corrected chi connectivity index (χ1v) is 10.2. The minimum atomic E-state index is -0.703. The molecular formula is C24H27N5O3. The fourth-order valence-electron chi connectivity index (χ4n) is 3.41. The van der Waals surface area contributed by atoms with Gasteiger partial charge in [-0.2, -0.15) is 5.10 Å². The summed E-state index contributed by atoms with van der Waals surface area (Å²) >= 11 is 0. The van der Waals surface area contributed by atoms with Crippen LogP contribution in [0.4, 0.5) is 5.69 Å². The molecule has 2 N–H and O–H groups in total. The Hall–Kier alpha value is -3.78. The van der Waals surface area contributed by atoms with Crippen LogP contribution in [-0.2, 0) is 16.1 Å². The molecule has 0 radical (unpaired) electrons. The maximum Gasteiger partial charge on any atom is 0.292 e. The van der Waals surface area contributed by atoms with E-state index in [1.807, 2.05) is 50.5 Å². The molecule has 2 aromatic carbocycles. The number of aromatic nitrogens is 2. The molecule has 0 atom stereocenters. The van der Waals surface area contributed by atoms with E-state index in [2.05, 4.69) is 15.7 Å². The Morgan fingerprint density at radius 3 is 2.41 bits per heavy atom. The molecule has 0 saturated heterocycles. The molecule has 2 amide bonds. The van der Waals surface area contributed by atoms with E-state index in [9.17, 15) is 14.4 Å². The number of carbonyl (C=O) groups is 3. The molecule has 0 spiro atoms. The molecular weight excluding hydrogens is 406 g/mol. The van der Waals surface area contributed by atoms with Crippen molar-refractivity contribution >= 4 is 23.3 Å². The first-order valence-electron chi connectivity index (χ1n) is 10.2. The second-order valence-corrected chi connectivity index (χ2v) is 7.79. The fourth-order valence-corrected chi connectivity index (χ4v) is 3.41. The number of aryl methyl sites for hydroxylation is 1. The first-order chi connectivity index (χ1) is 15.3. The first kappa shape index (κ1) is 22.9. The van der Waals surface area contributed by atoms with Crippen LogP contribution in [0, 0.1) is 13.8 Å². The minimum absolute atomic E-state index is 0.132. The highest BCUT2D eigenvalue weighted by Crippen LogP contribution is 2.18. The second-order valence-electron chi connectivity index (χ2n) is 7.79. The second kappa shape index (κ2) is 10.0. The summed E-state index contributed by atoms with van der Waals surface area (Å²) in [5.41, 5.74) is 3.63. The Kier molecular flexibility index (Phi) is 7.17. The number of carbonyl (C=O) groups excluding carboxylic acids is 3. The average molecular weight is 434 g/mol. The lowest BCUT2D eigenvalue weighted by atomic mass is 10.1. The molecule has 3 rings (SSSR count). The number of hydrogen-bond donors (Lipinski definition) is 2. The van der Waals surface area contributed by atoms with Crippen molar-refractivity contribution < 1.29 is 14.4 Å². The number of ketones is 1. The Morgan fingerprint density at radius 2 is 1.72 bits per heavy atom. The van der Waals surface area contributed by atoms with Crippen LogP contribution in [0.25, 0.3) is 5.69 Å². The van der Waals surface area contributed by atoms with Crippen molar-refractivity contribution in [2.45, 2.75) is 20.4 Å². The van der Waals surface area contributed by atoms with Gasteiger partial charge in [0.05, 0.1) is 29.2 Å². The Morgan fingerprint density at radius 1 is 1.00 bits per heavy atom. The van der Waals surface area contributed by atoms with E-state index in [1.165, 1.54) is 0 Å². The van der Waals surface area contributed by atoms with Crippen molar-refractivity contribution in [1.29, 1.82) is 0 Å². The highest BCUT2D eigenvalue weighted by atomic mass is 16.2. The summed E-state index contributed by atoms with van der Waals surface area (Å²) < 4.78 is 1.66. The molecule has 0 unspecified atom stereocenters. The van der Waals surface area contributed by atoms with E-state index in [0.717, 1.165) is 11.3 Å². The predicted octanol–water partition coefficient (Wildman–Crippen LogP) is 2.49. The molecule has 0 saturated carbocycles. The maximum absolute atomic E-state index is 12.8. The van der Waals surface area contributed by atoms with E-state index in [-0.39, 0.29) is 19.0 Å². The van der Waals surface area contributed by atoms with Crippen LogP contribution in [-0.4, -0.2) is 52.9 Å². The maximum atomic E-state index is 12.8. The molecule has 166 valence electrons. The van der Waals surface area contributed by atoms with Crippen LogP contribution in [0.2, 0.25) is 0 Å². The third-order valence-electron chi connectivity index (χ3n) is 4.85. The van der Waals surface area contributed by atoms with Crippen LogP contribution >= 0.6 is 0 Å². The van der Waals surface area contributed by atoms with Crippen molar-refractivity contribution in [2.24, 2.45) is 0 Å². The van der Waals surface area contributed by atoms with Gasteiger partial charge < -0.3 is 15.5 Å². The molecule has 0 aliphatic heterocycles. The average Bonchev–Trinajstić information content (AvgIpc) is 3.05. The molecule has 3 aromatic rings. The number of benzene rings is 2. The summed E-state index contributed by atoms with van der Waals surface area (Å²) in [5.74, 6) is -1.46. The largest absolute Gasteiger partial charge is 0.345 e. The van der Waals surface area contributed by atoms with Gasteiger partial charge in [-0.3, -0.25) is 14.4 Å². The Balaban J connectivity index is 1.67. The molecule has 8 heteroatoms. The van der Waals surface area contributed by atoms with Gasteiger partial charge in [-0.25, -0.2) is 4.68 Å². The lowest BCUT2D eigenvalue weighted by molar-refractivity contribution is -0.117. The molecule has 0 fully saturated rings. The van der Waals surface area contributed by atoms with Gasteiger partial charge in [-0.05, 0) is 57.8 Å². The quantitative estimate of drug-likeness (QED) is 0.420. The summed E-state index contributed by atoms with van der Waals surface area (Å²) in [6.07, 6.45) is 0. The molecule has 8 nitrogen and oxygen atoms in total. The SMILES string of the molecule is Cc1nn(-c2ccccc2)c(C)c1C(=O)C(=O)NCc1cccc(NC(=O)CN(C)C)c1. The number of likely N-dealkylation sites (N-methyl/N-ethyl adjacent to an activating group) is 1. The molecule has 32 heavy (non-hydrogen) atoms. The number of nitrogens with one attached hydrogen (secondary N) is 2. The number of nitrogens with zero attached hydrogens (tertiary/aromatic N) is 3. The van der Waals surface area contributed by atoms with Gasteiger partial charge in [0, 0.05) is 12.2 Å². The molecule has 1 heterocycles. The van der Waals surface area contributed by atoms with Crippen molar-refractivity contribution in [3.8, 4) is 5.69 Å². The zero-order valence-corrected chi connectivity index (χ0v) is 18.7. The molecule has 0 bridgehead atoms. The molecule has 0 aliphatic carbocycles. The molecule has 0 aliphatic rings. The summed E-state index contributed by atoms with van der Waals surface area (Å²) in [4.78, 5) is 39.1. The van der Waals surface area contributed by atoms with Gasteiger partial charge in [0.15, 0.2) is 0 Å². The van der Waals surface area contributed by atoms with Crippen molar-refractivity contribution in [3.63, 3.8) is 0 Å². The van der Waals surface area contributed by atoms with E-state index >= 15 is 0 Å². The number of amides is 2. The fraction of sp³-hybridized carbons (Fsp3) is 0.250. The standard InChI is InChI=1S/C24H27N5O3/c1-16-22(17(2)29(27-16)20-11-6-5-7-12-20)23(31)24(32)25-14-18-9-8-10-19(13-18)26-21(30)15-28(3)4/h5-13H,14-15H2,1-4H3,(H,25,32)(H,26,30). The van der Waals surface area contributed by atoms with Gasteiger partial charge >= 0.3 is 0 Å². The Labute approximate surface area is 187 Å². The summed E-state index contributed by atoms with van der Waals surface area (Å²) in [7, 11) is 3.63. The number of anilines is 1.